The van der Waals surface area contributed by atoms with E-state index >= 15 is 0 Å². The number of ether oxygens (including phenoxy) is 1. The molecule has 5 heteroatoms. The van der Waals surface area contributed by atoms with Crippen LogP contribution in [-0.2, 0) is 16.1 Å². The lowest BCUT2D eigenvalue weighted by Gasteiger charge is -2.38. The average molecular weight is 290 g/mol. The van der Waals surface area contributed by atoms with Crippen LogP contribution in [0.4, 0.5) is 0 Å². The summed E-state index contributed by atoms with van der Waals surface area (Å²) in [6.45, 7) is 6.06. The third-order valence-electron chi connectivity index (χ3n) is 3.87. The molecule has 0 aromatic heterocycles. The van der Waals surface area contributed by atoms with Gasteiger partial charge in [-0.1, -0.05) is 26.0 Å². The number of carbonyl (C=O) groups is 2. The van der Waals surface area contributed by atoms with Crippen molar-refractivity contribution < 1.29 is 14.3 Å². The molecule has 2 unspecified atom stereocenters. The van der Waals surface area contributed by atoms with Crippen LogP contribution in [0.5, 0.6) is 5.75 Å². The molecule has 2 atom stereocenters. The Balaban J connectivity index is 2.18. The molecule has 1 aromatic rings. The second-order valence-corrected chi connectivity index (χ2v) is 5.72. The van der Waals surface area contributed by atoms with E-state index in [2.05, 4.69) is 5.32 Å². The van der Waals surface area contributed by atoms with Gasteiger partial charge in [-0.15, -0.1) is 0 Å². The Kier molecular flexibility index (Phi) is 4.50. The van der Waals surface area contributed by atoms with Crippen LogP contribution in [0.25, 0.3) is 0 Å². The molecule has 5 nitrogen and oxygen atoms in total. The van der Waals surface area contributed by atoms with Gasteiger partial charge in [-0.05, 0) is 30.5 Å². The first-order valence-corrected chi connectivity index (χ1v) is 7.17. The van der Waals surface area contributed by atoms with Gasteiger partial charge in [-0.2, -0.15) is 0 Å². The number of nitrogens with zero attached hydrogens (tertiary/aromatic N) is 1. The number of hydrogen-bond donors (Lipinski definition) is 1. The first-order valence-electron chi connectivity index (χ1n) is 7.17. The number of amides is 2. The van der Waals surface area contributed by atoms with Crippen molar-refractivity contribution in [3.05, 3.63) is 29.8 Å². The summed E-state index contributed by atoms with van der Waals surface area (Å²) in [5.74, 6) is 0.733. The highest BCUT2D eigenvalue weighted by Crippen LogP contribution is 2.19. The minimum absolute atomic E-state index is 0.0204. The molecule has 1 saturated heterocycles. The SMILES string of the molecule is COc1ccc(CN2C(=O)C(C(C)C)NC(=O)C2C)cc1. The summed E-state index contributed by atoms with van der Waals surface area (Å²) in [6, 6.07) is 6.65. The minimum atomic E-state index is -0.449. The maximum atomic E-state index is 12.5. The van der Waals surface area contributed by atoms with Crippen molar-refractivity contribution in [3.8, 4) is 5.75 Å². The summed E-state index contributed by atoms with van der Waals surface area (Å²) in [6.07, 6.45) is 0. The molecule has 1 heterocycles. The van der Waals surface area contributed by atoms with Gasteiger partial charge in [0.15, 0.2) is 0 Å². The number of methoxy groups -OCH3 is 1. The number of benzene rings is 1. The van der Waals surface area contributed by atoms with Crippen molar-refractivity contribution in [3.63, 3.8) is 0 Å². The lowest BCUT2D eigenvalue weighted by Crippen LogP contribution is -2.63. The smallest absolute Gasteiger partial charge is 0.246 e. The van der Waals surface area contributed by atoms with Gasteiger partial charge in [0.25, 0.3) is 0 Å². The van der Waals surface area contributed by atoms with E-state index in [1.54, 1.807) is 18.9 Å². The Morgan fingerprint density at radius 1 is 1.24 bits per heavy atom. The molecule has 2 rings (SSSR count). The molecule has 21 heavy (non-hydrogen) atoms. The van der Waals surface area contributed by atoms with Crippen LogP contribution in [0.3, 0.4) is 0 Å². The lowest BCUT2D eigenvalue weighted by atomic mass is 9.98. The first-order chi connectivity index (χ1) is 9.93. The van der Waals surface area contributed by atoms with E-state index in [0.717, 1.165) is 11.3 Å². The number of piperazine rings is 1. The van der Waals surface area contributed by atoms with Gasteiger partial charge in [-0.3, -0.25) is 9.59 Å². The van der Waals surface area contributed by atoms with Crippen LogP contribution in [0.2, 0.25) is 0 Å². The molecule has 0 aliphatic carbocycles. The van der Waals surface area contributed by atoms with Crippen molar-refractivity contribution in [2.24, 2.45) is 5.92 Å². The Labute approximate surface area is 125 Å². The molecule has 0 radical (unpaired) electrons. The Hall–Kier alpha value is -2.04. The summed E-state index contributed by atoms with van der Waals surface area (Å²) in [4.78, 5) is 26.2. The summed E-state index contributed by atoms with van der Waals surface area (Å²) < 4.78 is 5.12. The molecule has 1 aliphatic heterocycles. The second-order valence-electron chi connectivity index (χ2n) is 5.72. The van der Waals surface area contributed by atoms with Crippen molar-refractivity contribution in [1.29, 1.82) is 0 Å². The predicted octanol–water partition coefficient (Wildman–Crippen LogP) is 1.57. The fourth-order valence-electron chi connectivity index (χ4n) is 2.44. The molecule has 1 aliphatic rings. The van der Waals surface area contributed by atoms with Gasteiger partial charge >= 0.3 is 0 Å². The van der Waals surface area contributed by atoms with Crippen molar-refractivity contribution in [2.45, 2.75) is 39.4 Å². The van der Waals surface area contributed by atoms with Crippen LogP contribution in [0.1, 0.15) is 26.3 Å². The zero-order valence-corrected chi connectivity index (χ0v) is 12.9. The van der Waals surface area contributed by atoms with Gasteiger partial charge in [0.1, 0.15) is 17.8 Å². The minimum Gasteiger partial charge on any atom is -0.497 e. The average Bonchev–Trinajstić information content (AvgIpc) is 2.47. The summed E-state index contributed by atoms with van der Waals surface area (Å²) in [5.41, 5.74) is 0.980. The second kappa shape index (κ2) is 6.16. The summed E-state index contributed by atoms with van der Waals surface area (Å²) in [5, 5.41) is 2.80. The standard InChI is InChI=1S/C16H22N2O3/c1-10(2)14-16(20)18(11(3)15(19)17-14)9-12-5-7-13(21-4)8-6-12/h5-8,10-11,14H,9H2,1-4H3,(H,17,19). The van der Waals surface area contributed by atoms with Crippen LogP contribution in [-0.4, -0.2) is 35.9 Å². The highest BCUT2D eigenvalue weighted by Gasteiger charge is 2.39. The van der Waals surface area contributed by atoms with E-state index in [-0.39, 0.29) is 17.7 Å². The third kappa shape index (κ3) is 3.17. The van der Waals surface area contributed by atoms with Gasteiger partial charge in [-0.25, -0.2) is 0 Å². The van der Waals surface area contributed by atoms with Crippen LogP contribution in [0, 0.1) is 5.92 Å². The fraction of sp³-hybridized carbons (Fsp3) is 0.500. The molecule has 1 aromatic carbocycles. The van der Waals surface area contributed by atoms with E-state index in [9.17, 15) is 9.59 Å². The molecule has 0 bridgehead atoms. The molecule has 0 saturated carbocycles. The predicted molar refractivity (Wildman–Crippen MR) is 79.8 cm³/mol. The van der Waals surface area contributed by atoms with Crippen LogP contribution in [0.15, 0.2) is 24.3 Å². The maximum absolute atomic E-state index is 12.5. The molecule has 114 valence electrons. The van der Waals surface area contributed by atoms with E-state index in [1.807, 2.05) is 38.1 Å². The van der Waals surface area contributed by atoms with Crippen molar-refractivity contribution in [2.75, 3.05) is 7.11 Å². The number of rotatable bonds is 4. The Bertz CT molecular complexity index is 525. The molecule has 0 spiro atoms. The van der Waals surface area contributed by atoms with Gasteiger partial charge in [0.05, 0.1) is 7.11 Å². The normalized spacial score (nSPS) is 22.4. The van der Waals surface area contributed by atoms with Crippen molar-refractivity contribution >= 4 is 11.8 Å². The Morgan fingerprint density at radius 2 is 1.86 bits per heavy atom. The highest BCUT2D eigenvalue weighted by atomic mass is 16.5. The van der Waals surface area contributed by atoms with E-state index in [1.165, 1.54) is 0 Å². The quantitative estimate of drug-likeness (QED) is 0.915. The highest BCUT2D eigenvalue weighted by molar-refractivity contribution is 5.96. The van der Waals surface area contributed by atoms with Gasteiger partial charge in [0.2, 0.25) is 11.8 Å². The van der Waals surface area contributed by atoms with E-state index in [4.69, 9.17) is 4.74 Å². The molecular formula is C16H22N2O3. The number of carbonyl (C=O) groups excluding carboxylic acids is 2. The fourth-order valence-corrected chi connectivity index (χ4v) is 2.44. The van der Waals surface area contributed by atoms with E-state index in [0.29, 0.717) is 6.54 Å². The van der Waals surface area contributed by atoms with Gasteiger partial charge in [0, 0.05) is 6.54 Å². The molecule has 1 N–H and O–H groups in total. The monoisotopic (exact) mass is 290 g/mol. The van der Waals surface area contributed by atoms with Crippen LogP contribution < -0.4 is 10.1 Å². The van der Waals surface area contributed by atoms with E-state index < -0.39 is 12.1 Å². The largest absolute Gasteiger partial charge is 0.497 e. The summed E-state index contributed by atoms with van der Waals surface area (Å²) in [7, 11) is 1.61. The Morgan fingerprint density at radius 3 is 2.38 bits per heavy atom. The zero-order valence-electron chi connectivity index (χ0n) is 12.9. The third-order valence-corrected chi connectivity index (χ3v) is 3.87. The maximum Gasteiger partial charge on any atom is 0.246 e. The zero-order chi connectivity index (χ0) is 15.6. The molecular weight excluding hydrogens is 268 g/mol. The topological polar surface area (TPSA) is 58.6 Å². The first kappa shape index (κ1) is 15.4. The van der Waals surface area contributed by atoms with Crippen LogP contribution >= 0.6 is 0 Å². The number of nitrogens with one attached hydrogen (secondary N) is 1. The summed E-state index contributed by atoms with van der Waals surface area (Å²) >= 11 is 0. The number of hydrogen-bond acceptors (Lipinski definition) is 3. The molecule has 1 fully saturated rings. The van der Waals surface area contributed by atoms with Crippen molar-refractivity contribution in [1.82, 2.24) is 10.2 Å². The lowest BCUT2D eigenvalue weighted by molar-refractivity contribution is -0.150. The van der Waals surface area contributed by atoms with Gasteiger partial charge < -0.3 is 15.0 Å². The molecule has 2 amide bonds.